The summed E-state index contributed by atoms with van der Waals surface area (Å²) < 4.78 is 26.2. The zero-order valence-corrected chi connectivity index (χ0v) is 20.2. The van der Waals surface area contributed by atoms with E-state index in [1.54, 1.807) is 24.3 Å². The fourth-order valence-electron chi connectivity index (χ4n) is 4.87. The van der Waals surface area contributed by atoms with E-state index in [2.05, 4.69) is 10.2 Å². The molecule has 2 atom stereocenters. The van der Waals surface area contributed by atoms with Crippen molar-refractivity contribution >= 4 is 29.1 Å². The van der Waals surface area contributed by atoms with Gasteiger partial charge in [-0.05, 0) is 49.6 Å². The van der Waals surface area contributed by atoms with E-state index in [0.717, 1.165) is 5.56 Å². The molecule has 1 amide bonds. The molecule has 8 heteroatoms. The van der Waals surface area contributed by atoms with Crippen molar-refractivity contribution in [3.05, 3.63) is 69.5 Å². The summed E-state index contributed by atoms with van der Waals surface area (Å²) in [6, 6.07) is 11.7. The van der Waals surface area contributed by atoms with Gasteiger partial charge in [0.15, 0.2) is 0 Å². The number of hydrogen-bond donors (Lipinski definition) is 1. The molecule has 2 fully saturated rings. The Morgan fingerprint density at radius 3 is 2.58 bits per heavy atom. The largest absolute Gasteiger partial charge is 0.381 e. The monoisotopic (exact) mass is 494 g/mol. The van der Waals surface area contributed by atoms with Gasteiger partial charge in [0.1, 0.15) is 5.82 Å². The first-order chi connectivity index (χ1) is 15.9. The second kappa shape index (κ2) is 10.7. The van der Waals surface area contributed by atoms with Gasteiger partial charge in [0.05, 0.1) is 24.2 Å². The number of ether oxygens (including phenoxy) is 2. The van der Waals surface area contributed by atoms with E-state index >= 15 is 0 Å². The summed E-state index contributed by atoms with van der Waals surface area (Å²) in [6.45, 7) is 5.03. The van der Waals surface area contributed by atoms with Gasteiger partial charge in [-0.15, -0.1) is 0 Å². The summed E-state index contributed by atoms with van der Waals surface area (Å²) in [4.78, 5) is 15.8. The number of morpholine rings is 1. The first-order valence-corrected chi connectivity index (χ1v) is 12.1. The summed E-state index contributed by atoms with van der Waals surface area (Å²) in [5.41, 5.74) is 0.597. The molecule has 2 aliphatic heterocycles. The normalized spacial score (nSPS) is 22.0. The minimum absolute atomic E-state index is 0.0124. The highest BCUT2D eigenvalue weighted by Crippen LogP contribution is 2.37. The third kappa shape index (κ3) is 5.36. The quantitative estimate of drug-likeness (QED) is 0.628. The lowest BCUT2D eigenvalue weighted by atomic mass is 9.73. The zero-order valence-electron chi connectivity index (χ0n) is 18.7. The van der Waals surface area contributed by atoms with E-state index in [9.17, 15) is 9.18 Å². The molecule has 0 aromatic heterocycles. The SMILES string of the molecule is CC1CN(C(CNC(=O)C2(c3ccc(Cl)cc3)CCOCC2)c2c(F)cccc2Cl)CCO1. The van der Waals surface area contributed by atoms with E-state index in [-0.39, 0.29) is 24.4 Å². The van der Waals surface area contributed by atoms with Crippen molar-refractivity contribution in [1.82, 2.24) is 10.2 Å². The Hall–Kier alpha value is -1.70. The van der Waals surface area contributed by atoms with Crippen molar-refractivity contribution in [2.24, 2.45) is 0 Å². The standard InChI is InChI=1S/C25H29Cl2FN2O3/c1-17-16-30(11-14-33-17)22(23-20(27)3-2-4-21(23)28)15-29-24(31)25(9-12-32-13-10-25)18-5-7-19(26)8-6-18/h2-8,17,22H,9-16H2,1H3,(H,29,31). The summed E-state index contributed by atoms with van der Waals surface area (Å²) in [7, 11) is 0. The number of hydrogen-bond acceptors (Lipinski definition) is 4. The number of amides is 1. The highest BCUT2D eigenvalue weighted by atomic mass is 35.5. The molecule has 2 aliphatic rings. The molecule has 178 valence electrons. The lowest BCUT2D eigenvalue weighted by Gasteiger charge is -2.40. The van der Waals surface area contributed by atoms with Crippen molar-refractivity contribution in [2.75, 3.05) is 39.5 Å². The van der Waals surface area contributed by atoms with Gasteiger partial charge in [-0.1, -0.05) is 41.4 Å². The second-order valence-electron chi connectivity index (χ2n) is 8.74. The van der Waals surface area contributed by atoms with E-state index in [1.165, 1.54) is 6.07 Å². The topological polar surface area (TPSA) is 50.8 Å². The first kappa shape index (κ1) is 24.4. The second-order valence-corrected chi connectivity index (χ2v) is 9.58. The maximum absolute atomic E-state index is 14.9. The van der Waals surface area contributed by atoms with E-state index < -0.39 is 11.5 Å². The van der Waals surface area contributed by atoms with Crippen LogP contribution in [0.4, 0.5) is 4.39 Å². The van der Waals surface area contributed by atoms with Gasteiger partial charge in [0, 0.05) is 48.5 Å². The fourth-order valence-corrected chi connectivity index (χ4v) is 5.28. The van der Waals surface area contributed by atoms with Gasteiger partial charge in [-0.2, -0.15) is 0 Å². The van der Waals surface area contributed by atoms with Crippen LogP contribution in [-0.4, -0.2) is 56.4 Å². The maximum Gasteiger partial charge on any atom is 0.230 e. The summed E-state index contributed by atoms with van der Waals surface area (Å²) in [5, 5.41) is 4.11. The first-order valence-electron chi connectivity index (χ1n) is 11.3. The molecule has 1 N–H and O–H groups in total. The number of nitrogens with one attached hydrogen (secondary N) is 1. The van der Waals surface area contributed by atoms with Gasteiger partial charge < -0.3 is 14.8 Å². The minimum Gasteiger partial charge on any atom is -0.381 e. The van der Waals surface area contributed by atoms with Crippen LogP contribution in [0.1, 0.15) is 36.9 Å². The minimum atomic E-state index is -0.718. The molecule has 2 aromatic carbocycles. The Balaban J connectivity index is 1.60. The number of carbonyl (C=O) groups is 1. The Morgan fingerprint density at radius 2 is 1.91 bits per heavy atom. The number of benzene rings is 2. The summed E-state index contributed by atoms with van der Waals surface area (Å²) >= 11 is 12.5. The molecule has 0 saturated carbocycles. The van der Waals surface area contributed by atoms with Crippen LogP contribution in [0.25, 0.3) is 0 Å². The Morgan fingerprint density at radius 1 is 1.18 bits per heavy atom. The Bertz CT molecular complexity index is 946. The van der Waals surface area contributed by atoms with Crippen LogP contribution in [-0.2, 0) is 19.7 Å². The van der Waals surface area contributed by atoms with Gasteiger partial charge in [0.25, 0.3) is 0 Å². The number of carbonyl (C=O) groups excluding carboxylic acids is 1. The smallest absolute Gasteiger partial charge is 0.230 e. The lowest BCUT2D eigenvalue weighted by Crippen LogP contribution is -2.51. The van der Waals surface area contributed by atoms with Crippen LogP contribution in [0, 0.1) is 5.82 Å². The van der Waals surface area contributed by atoms with Gasteiger partial charge >= 0.3 is 0 Å². The highest BCUT2D eigenvalue weighted by Gasteiger charge is 2.42. The van der Waals surface area contributed by atoms with Gasteiger partial charge in [-0.3, -0.25) is 9.69 Å². The van der Waals surface area contributed by atoms with Crippen LogP contribution >= 0.6 is 23.2 Å². The molecule has 5 nitrogen and oxygen atoms in total. The predicted octanol–water partition coefficient (Wildman–Crippen LogP) is 4.76. The Kier molecular flexibility index (Phi) is 7.92. The molecule has 0 radical (unpaired) electrons. The molecule has 2 unspecified atom stereocenters. The molecular formula is C25H29Cl2FN2O3. The van der Waals surface area contributed by atoms with Crippen molar-refractivity contribution in [3.8, 4) is 0 Å². The van der Waals surface area contributed by atoms with Gasteiger partial charge in [-0.25, -0.2) is 4.39 Å². The highest BCUT2D eigenvalue weighted by molar-refractivity contribution is 6.31. The molecule has 2 saturated heterocycles. The van der Waals surface area contributed by atoms with Crippen molar-refractivity contribution < 1.29 is 18.7 Å². The molecule has 0 aliphatic carbocycles. The van der Waals surface area contributed by atoms with Gasteiger partial charge in [0.2, 0.25) is 5.91 Å². The van der Waals surface area contributed by atoms with Crippen LogP contribution in [0.5, 0.6) is 0 Å². The Labute approximate surface area is 204 Å². The lowest BCUT2D eigenvalue weighted by molar-refractivity contribution is -0.131. The molecule has 0 bridgehead atoms. The number of nitrogens with zero attached hydrogens (tertiary/aromatic N) is 1. The number of rotatable bonds is 6. The van der Waals surface area contributed by atoms with Crippen molar-refractivity contribution in [3.63, 3.8) is 0 Å². The molecule has 2 aromatic rings. The van der Waals surface area contributed by atoms with Crippen molar-refractivity contribution in [1.29, 1.82) is 0 Å². The van der Waals surface area contributed by atoms with Crippen LogP contribution in [0.2, 0.25) is 10.0 Å². The molecule has 4 rings (SSSR count). The molecular weight excluding hydrogens is 466 g/mol. The summed E-state index contributed by atoms with van der Waals surface area (Å²) in [5.74, 6) is -0.466. The van der Waals surface area contributed by atoms with Crippen LogP contribution in [0.15, 0.2) is 42.5 Å². The molecule has 0 spiro atoms. The van der Waals surface area contributed by atoms with Crippen LogP contribution < -0.4 is 5.32 Å². The van der Waals surface area contributed by atoms with Crippen molar-refractivity contribution in [2.45, 2.75) is 37.3 Å². The van der Waals surface area contributed by atoms with E-state index in [0.29, 0.717) is 61.4 Å². The predicted molar refractivity (Wildman–Crippen MR) is 127 cm³/mol. The van der Waals surface area contributed by atoms with Crippen LogP contribution in [0.3, 0.4) is 0 Å². The average molecular weight is 495 g/mol. The molecule has 33 heavy (non-hydrogen) atoms. The van der Waals surface area contributed by atoms with E-state index in [1.807, 2.05) is 19.1 Å². The number of halogens is 3. The summed E-state index contributed by atoms with van der Waals surface area (Å²) in [6.07, 6.45) is 1.15. The molecule has 2 heterocycles. The third-order valence-corrected chi connectivity index (χ3v) is 7.26. The van der Waals surface area contributed by atoms with E-state index in [4.69, 9.17) is 32.7 Å². The average Bonchev–Trinajstić information content (AvgIpc) is 2.81. The third-order valence-electron chi connectivity index (χ3n) is 6.68. The fraction of sp³-hybridized carbons (Fsp3) is 0.480. The maximum atomic E-state index is 14.9. The zero-order chi connectivity index (χ0) is 23.4.